The van der Waals surface area contributed by atoms with Crippen molar-refractivity contribution in [3.05, 3.63) is 24.0 Å². The average Bonchev–Trinajstić information content (AvgIpc) is 2.42. The number of aromatic nitrogens is 1. The zero-order valence-electron chi connectivity index (χ0n) is 10.4. The van der Waals surface area contributed by atoms with Gasteiger partial charge in [-0.15, -0.1) is 0 Å². The van der Waals surface area contributed by atoms with E-state index in [0.29, 0.717) is 12.1 Å². The number of rotatable bonds is 3. The van der Waals surface area contributed by atoms with Crippen molar-refractivity contribution < 1.29 is 4.79 Å². The number of carbonyl (C=O) groups is 1. The Morgan fingerprint density at radius 2 is 2.17 bits per heavy atom. The lowest BCUT2D eigenvalue weighted by molar-refractivity contribution is -0.128. The number of hydrogen-bond acceptors (Lipinski definition) is 5. The Bertz CT molecular complexity index is 454. The van der Waals surface area contributed by atoms with Crippen molar-refractivity contribution in [3.8, 4) is 0 Å². The molecule has 0 saturated carbocycles. The van der Waals surface area contributed by atoms with E-state index < -0.39 is 0 Å². The fourth-order valence-electron chi connectivity index (χ4n) is 2.81. The largest absolute Gasteiger partial charge is 0.398 e. The predicted octanol–water partition coefficient (Wildman–Crippen LogP) is -0.225. The highest BCUT2D eigenvalue weighted by Crippen LogP contribution is 2.19. The average molecular weight is 246 g/mol. The van der Waals surface area contributed by atoms with Crippen LogP contribution in [0.3, 0.4) is 0 Å². The Labute approximate surface area is 107 Å². The number of ketones is 1. The van der Waals surface area contributed by atoms with E-state index in [-0.39, 0.29) is 11.8 Å². The van der Waals surface area contributed by atoms with Crippen molar-refractivity contribution >= 4 is 11.5 Å². The van der Waals surface area contributed by atoms with Crippen LogP contribution in [-0.4, -0.2) is 59.3 Å². The molecule has 3 aliphatic rings. The number of Topliss-reactive ketones (excluding diaryl/α,β-unsaturated/α-hetero) is 1. The minimum atomic E-state index is 0.0482. The molecule has 1 aromatic heterocycles. The summed E-state index contributed by atoms with van der Waals surface area (Å²) in [4.78, 5) is 21.1. The lowest BCUT2D eigenvalue weighted by Gasteiger charge is -2.46. The minimum Gasteiger partial charge on any atom is -0.398 e. The van der Waals surface area contributed by atoms with E-state index in [4.69, 9.17) is 5.73 Å². The second kappa shape index (κ2) is 4.66. The van der Waals surface area contributed by atoms with E-state index >= 15 is 0 Å². The van der Waals surface area contributed by atoms with E-state index in [1.54, 1.807) is 18.5 Å². The number of nitrogens with zero attached hydrogens (tertiary/aromatic N) is 3. The maximum atomic E-state index is 12.4. The van der Waals surface area contributed by atoms with Crippen LogP contribution in [-0.2, 0) is 11.2 Å². The molecule has 0 spiro atoms. The van der Waals surface area contributed by atoms with Crippen molar-refractivity contribution in [1.82, 2.24) is 14.8 Å². The zero-order chi connectivity index (χ0) is 12.5. The number of nitrogens with two attached hydrogens (primary N) is 1. The molecule has 3 fully saturated rings. The first-order chi connectivity index (χ1) is 8.74. The molecular formula is C13H18N4O. The molecule has 1 atom stereocenters. The van der Waals surface area contributed by atoms with Crippen LogP contribution in [0.5, 0.6) is 0 Å². The van der Waals surface area contributed by atoms with E-state index in [0.717, 1.165) is 38.3 Å². The number of carbonyl (C=O) groups excluding carboxylic acids is 1. The van der Waals surface area contributed by atoms with Gasteiger partial charge in [-0.05, 0) is 6.07 Å². The van der Waals surface area contributed by atoms with Crippen molar-refractivity contribution in [3.63, 3.8) is 0 Å². The third-order valence-corrected chi connectivity index (χ3v) is 3.96. The predicted molar refractivity (Wildman–Crippen MR) is 69.2 cm³/mol. The Balaban J connectivity index is 1.70. The van der Waals surface area contributed by atoms with Crippen LogP contribution >= 0.6 is 0 Å². The van der Waals surface area contributed by atoms with Gasteiger partial charge in [-0.2, -0.15) is 0 Å². The van der Waals surface area contributed by atoms with Gasteiger partial charge in [0.15, 0.2) is 5.78 Å². The first kappa shape index (κ1) is 11.6. The van der Waals surface area contributed by atoms with Crippen LogP contribution in [0.2, 0.25) is 0 Å². The van der Waals surface area contributed by atoms with Crippen molar-refractivity contribution in [2.75, 3.05) is 38.5 Å². The Kier molecular flexibility index (Phi) is 3.01. The third-order valence-electron chi connectivity index (χ3n) is 3.96. The highest BCUT2D eigenvalue weighted by Gasteiger charge is 2.35. The molecule has 0 aliphatic carbocycles. The Hall–Kier alpha value is -1.46. The molecule has 5 nitrogen and oxygen atoms in total. The monoisotopic (exact) mass is 246 g/mol. The first-order valence-corrected chi connectivity index (χ1v) is 6.41. The summed E-state index contributed by atoms with van der Waals surface area (Å²) in [5, 5.41) is 0. The molecule has 2 bridgehead atoms. The smallest absolute Gasteiger partial charge is 0.155 e. The highest BCUT2D eigenvalue weighted by atomic mass is 16.1. The highest BCUT2D eigenvalue weighted by molar-refractivity contribution is 5.87. The molecule has 5 heteroatoms. The molecule has 18 heavy (non-hydrogen) atoms. The van der Waals surface area contributed by atoms with Gasteiger partial charge in [0.05, 0.1) is 6.04 Å². The maximum absolute atomic E-state index is 12.4. The normalized spacial score (nSPS) is 30.3. The molecule has 96 valence electrons. The van der Waals surface area contributed by atoms with Crippen LogP contribution in [0.15, 0.2) is 18.5 Å². The number of pyridine rings is 1. The standard InChI is InChI=1S/C13H18N4O/c14-11-1-2-15-8-10(11)7-13(18)12-9-16-3-5-17(12)6-4-16/h1-2,8,12H,3-7,9H2,(H2,14,15). The first-order valence-electron chi connectivity index (χ1n) is 6.41. The molecule has 4 heterocycles. The van der Waals surface area contributed by atoms with E-state index in [2.05, 4.69) is 14.8 Å². The van der Waals surface area contributed by atoms with Gasteiger partial charge in [0.25, 0.3) is 0 Å². The van der Waals surface area contributed by atoms with Crippen LogP contribution in [0.25, 0.3) is 0 Å². The van der Waals surface area contributed by atoms with Gasteiger partial charge in [0.1, 0.15) is 0 Å². The third kappa shape index (κ3) is 2.11. The Morgan fingerprint density at radius 3 is 2.78 bits per heavy atom. The fourth-order valence-corrected chi connectivity index (χ4v) is 2.81. The summed E-state index contributed by atoms with van der Waals surface area (Å²) >= 11 is 0. The molecule has 3 saturated heterocycles. The van der Waals surface area contributed by atoms with Crippen molar-refractivity contribution in [2.45, 2.75) is 12.5 Å². The number of piperazine rings is 3. The Morgan fingerprint density at radius 1 is 1.39 bits per heavy atom. The number of fused-ring (bicyclic) bond motifs is 3. The van der Waals surface area contributed by atoms with Gasteiger partial charge in [0.2, 0.25) is 0 Å². The van der Waals surface area contributed by atoms with Crippen LogP contribution in [0.4, 0.5) is 5.69 Å². The van der Waals surface area contributed by atoms with Crippen molar-refractivity contribution in [2.24, 2.45) is 0 Å². The molecule has 3 aliphatic heterocycles. The van der Waals surface area contributed by atoms with Gasteiger partial charge >= 0.3 is 0 Å². The summed E-state index contributed by atoms with van der Waals surface area (Å²) in [7, 11) is 0. The van der Waals surface area contributed by atoms with Gasteiger partial charge in [-0.3, -0.25) is 19.6 Å². The maximum Gasteiger partial charge on any atom is 0.155 e. The second-order valence-corrected chi connectivity index (χ2v) is 5.07. The number of nitrogen functional groups attached to an aromatic ring is 1. The topological polar surface area (TPSA) is 62.5 Å². The molecule has 0 aromatic carbocycles. The fraction of sp³-hybridized carbons (Fsp3) is 0.538. The SMILES string of the molecule is Nc1ccncc1CC(=O)C1CN2CCN1CC2. The number of hydrogen-bond donors (Lipinski definition) is 1. The molecule has 2 N–H and O–H groups in total. The molecule has 0 radical (unpaired) electrons. The van der Waals surface area contributed by atoms with Gasteiger partial charge in [-0.25, -0.2) is 0 Å². The lowest BCUT2D eigenvalue weighted by Crippen LogP contribution is -2.63. The minimum absolute atomic E-state index is 0.0482. The van der Waals surface area contributed by atoms with E-state index in [1.807, 2.05) is 0 Å². The number of anilines is 1. The van der Waals surface area contributed by atoms with Crippen LogP contribution in [0.1, 0.15) is 5.56 Å². The molecule has 1 aromatic rings. The van der Waals surface area contributed by atoms with Crippen LogP contribution in [0, 0.1) is 0 Å². The molecular weight excluding hydrogens is 228 g/mol. The summed E-state index contributed by atoms with van der Waals surface area (Å²) in [6.07, 6.45) is 3.75. The zero-order valence-corrected chi connectivity index (χ0v) is 10.4. The summed E-state index contributed by atoms with van der Waals surface area (Å²) in [6.45, 7) is 5.09. The van der Waals surface area contributed by atoms with Gasteiger partial charge in [0, 0.05) is 62.8 Å². The second-order valence-electron chi connectivity index (χ2n) is 5.07. The molecule has 4 rings (SSSR count). The van der Waals surface area contributed by atoms with Gasteiger partial charge < -0.3 is 5.73 Å². The van der Waals surface area contributed by atoms with E-state index in [9.17, 15) is 4.79 Å². The summed E-state index contributed by atoms with van der Waals surface area (Å²) in [5.74, 6) is 0.263. The molecule has 0 amide bonds. The quantitative estimate of drug-likeness (QED) is 0.798. The summed E-state index contributed by atoms with van der Waals surface area (Å²) in [5.41, 5.74) is 7.37. The van der Waals surface area contributed by atoms with Crippen molar-refractivity contribution in [1.29, 1.82) is 0 Å². The van der Waals surface area contributed by atoms with Crippen LogP contribution < -0.4 is 5.73 Å². The van der Waals surface area contributed by atoms with E-state index in [1.165, 1.54) is 0 Å². The summed E-state index contributed by atoms with van der Waals surface area (Å²) < 4.78 is 0. The lowest BCUT2D eigenvalue weighted by atomic mass is 9.98. The van der Waals surface area contributed by atoms with Gasteiger partial charge in [-0.1, -0.05) is 0 Å². The molecule has 1 unspecified atom stereocenters. The summed E-state index contributed by atoms with van der Waals surface area (Å²) in [6, 6.07) is 1.80.